The third kappa shape index (κ3) is 1.04. The molecule has 0 N–H and O–H groups in total. The van der Waals surface area contributed by atoms with E-state index in [1.165, 1.54) is 0 Å². The van der Waals surface area contributed by atoms with E-state index in [-0.39, 0.29) is 9.74 Å². The fourth-order valence-electron chi connectivity index (χ4n) is 7.93. The van der Waals surface area contributed by atoms with Gasteiger partial charge >= 0.3 is 0 Å². The summed E-state index contributed by atoms with van der Waals surface area (Å²) in [6.45, 7) is 1.34. The predicted octanol–water partition coefficient (Wildman–Crippen LogP) is 2.09. The van der Waals surface area contributed by atoms with Gasteiger partial charge in [0.1, 0.15) is 0 Å². The summed E-state index contributed by atoms with van der Waals surface area (Å²) >= 11 is 4.06. The van der Waals surface area contributed by atoms with E-state index >= 15 is 0 Å². The van der Waals surface area contributed by atoms with Crippen LogP contribution in [0.5, 0.6) is 0 Å². The third-order valence-electron chi connectivity index (χ3n) is 8.12. The summed E-state index contributed by atoms with van der Waals surface area (Å²) in [7, 11) is -3.24. The van der Waals surface area contributed by atoms with E-state index in [1.54, 1.807) is 12.1 Å². The Morgan fingerprint density at radius 2 is 1.75 bits per heavy atom. The maximum atomic E-state index is 13.0. The molecule has 0 aromatic heterocycles. The Bertz CT molecular complexity index is 895. The van der Waals surface area contributed by atoms with Crippen LogP contribution in [0.15, 0.2) is 35.2 Å². The van der Waals surface area contributed by atoms with E-state index < -0.39 is 15.6 Å². The molecule has 1 heterocycles. The molecule has 6 saturated carbocycles. The van der Waals surface area contributed by atoms with Gasteiger partial charge in [-0.25, -0.2) is 8.42 Å². The van der Waals surface area contributed by atoms with Crippen LogP contribution < -0.4 is 0 Å². The summed E-state index contributed by atoms with van der Waals surface area (Å²) in [5.74, 6) is 2.87. The van der Waals surface area contributed by atoms with Crippen LogP contribution in [-0.2, 0) is 19.3 Å². The number of hydrogen-bond donors (Lipinski definition) is 0. The molecule has 8 rings (SSSR count). The second-order valence-corrected chi connectivity index (χ2v) is 11.8. The summed E-state index contributed by atoms with van der Waals surface area (Å²) < 4.78 is 38.2. The number of hydrogen-bond acceptors (Lipinski definition) is 4. The predicted molar refractivity (Wildman–Crippen MR) is 88.2 cm³/mol. The summed E-state index contributed by atoms with van der Waals surface area (Å²) in [6, 6.07) is 8.93. The highest BCUT2D eigenvalue weighted by molar-refractivity contribution is 9.10. The molecule has 6 aliphatic carbocycles. The van der Waals surface area contributed by atoms with E-state index in [2.05, 4.69) is 15.9 Å². The molecule has 1 spiro atoms. The minimum Gasteiger partial charge on any atom is -0.346 e. The highest BCUT2D eigenvalue weighted by atomic mass is 79.9. The average molecular weight is 409 g/mol. The van der Waals surface area contributed by atoms with Crippen molar-refractivity contribution in [1.82, 2.24) is 0 Å². The van der Waals surface area contributed by atoms with Crippen molar-refractivity contribution in [2.75, 3.05) is 19.0 Å². The van der Waals surface area contributed by atoms with Gasteiger partial charge in [0, 0.05) is 5.92 Å². The molecule has 7 aliphatic rings. The maximum absolute atomic E-state index is 13.0. The zero-order chi connectivity index (χ0) is 16.1. The normalized spacial score (nSPS) is 56.2. The number of rotatable bonds is 3. The highest BCUT2D eigenvalue weighted by Gasteiger charge is 3.09. The number of ether oxygens (including phenoxy) is 2. The summed E-state index contributed by atoms with van der Waals surface area (Å²) in [5, 5.41) is 0. The second kappa shape index (κ2) is 3.53. The van der Waals surface area contributed by atoms with Crippen molar-refractivity contribution < 1.29 is 17.9 Å². The van der Waals surface area contributed by atoms with Crippen molar-refractivity contribution in [2.45, 2.75) is 15.0 Å². The first-order valence-corrected chi connectivity index (χ1v) is 11.2. The number of halogens is 1. The van der Waals surface area contributed by atoms with Crippen molar-refractivity contribution in [3.05, 3.63) is 30.3 Å². The molecule has 1 saturated heterocycles. The van der Waals surface area contributed by atoms with Crippen molar-refractivity contribution in [3.63, 3.8) is 0 Å². The van der Waals surface area contributed by atoms with Gasteiger partial charge in [-0.3, -0.25) is 0 Å². The molecule has 24 heavy (non-hydrogen) atoms. The molecule has 2 bridgehead atoms. The molecule has 1 aliphatic heterocycles. The van der Waals surface area contributed by atoms with Gasteiger partial charge in [-0.15, -0.1) is 0 Å². The van der Waals surface area contributed by atoms with Gasteiger partial charge in [0.05, 0.1) is 28.2 Å². The lowest BCUT2D eigenvalue weighted by atomic mass is 9.95. The first-order chi connectivity index (χ1) is 11.5. The van der Waals surface area contributed by atoms with Crippen LogP contribution in [-0.4, -0.2) is 37.5 Å². The fourth-order valence-corrected chi connectivity index (χ4v) is 11.7. The Balaban J connectivity index is 1.31. The molecule has 4 nitrogen and oxygen atoms in total. The van der Waals surface area contributed by atoms with Crippen LogP contribution in [0.4, 0.5) is 0 Å². The van der Waals surface area contributed by atoms with Crippen molar-refractivity contribution in [3.8, 4) is 0 Å². The molecule has 1 aromatic carbocycles. The number of alkyl halides is 1. The maximum Gasteiger partial charge on any atom is 0.187 e. The van der Waals surface area contributed by atoms with Crippen LogP contribution in [0.2, 0.25) is 0 Å². The molecule has 126 valence electrons. The lowest BCUT2D eigenvalue weighted by molar-refractivity contribution is -0.192. The Morgan fingerprint density at radius 3 is 2.33 bits per heavy atom. The van der Waals surface area contributed by atoms with Crippen LogP contribution in [0.25, 0.3) is 0 Å². The standard InChI is InChI=1S/C18H17BrO4S/c19-17-12-10-11(12)16(8-24(20,21)9-4-2-1-3-5-9)14(15(16)17)13(10)18(17)22-6-7-23-18/h1-5,10-15H,6-8H2/t10-,11+,12+,13-,14+,15-,16-,17-/m0/s1. The van der Waals surface area contributed by atoms with Gasteiger partial charge in [0.15, 0.2) is 15.6 Å². The lowest BCUT2D eigenvalue weighted by Gasteiger charge is -2.37. The van der Waals surface area contributed by atoms with Gasteiger partial charge < -0.3 is 9.47 Å². The van der Waals surface area contributed by atoms with Gasteiger partial charge in [-0.2, -0.15) is 0 Å². The van der Waals surface area contributed by atoms with E-state index in [9.17, 15) is 8.42 Å². The third-order valence-corrected chi connectivity index (χ3v) is 11.6. The highest BCUT2D eigenvalue weighted by Crippen LogP contribution is 3.04. The molecular formula is C18H17BrO4S. The van der Waals surface area contributed by atoms with Crippen LogP contribution >= 0.6 is 15.9 Å². The van der Waals surface area contributed by atoms with Crippen molar-refractivity contribution >= 4 is 25.8 Å². The minimum atomic E-state index is -3.24. The summed E-state index contributed by atoms with van der Waals surface area (Å²) in [4.78, 5) is 0.465. The van der Waals surface area contributed by atoms with Crippen LogP contribution in [0, 0.1) is 40.9 Å². The van der Waals surface area contributed by atoms with Gasteiger partial charge in [0.2, 0.25) is 0 Å². The zero-order valence-corrected chi connectivity index (χ0v) is 15.3. The molecule has 8 atom stereocenters. The zero-order valence-electron chi connectivity index (χ0n) is 12.9. The fraction of sp³-hybridized carbons (Fsp3) is 0.667. The average Bonchev–Trinajstić information content (AvgIpc) is 3.25. The first-order valence-electron chi connectivity index (χ1n) is 8.75. The van der Waals surface area contributed by atoms with Gasteiger partial charge in [0.25, 0.3) is 0 Å². The number of sulfone groups is 1. The molecule has 6 heteroatoms. The largest absolute Gasteiger partial charge is 0.346 e. The monoisotopic (exact) mass is 408 g/mol. The Morgan fingerprint density at radius 1 is 1.04 bits per heavy atom. The SMILES string of the molecule is O=S(=O)(C[C@]12[C@@H]3[C@@H]4[C@H]5[C@@H]1[C@@H]2[C@@](Br)([C@H]43)C51OCCO1)c1ccccc1. The van der Waals surface area contributed by atoms with E-state index in [1.807, 2.05) is 18.2 Å². The Hall–Kier alpha value is -0.430. The van der Waals surface area contributed by atoms with Crippen molar-refractivity contribution in [1.29, 1.82) is 0 Å². The van der Waals surface area contributed by atoms with Gasteiger partial charge in [-0.1, -0.05) is 34.1 Å². The van der Waals surface area contributed by atoms with E-state index in [4.69, 9.17) is 9.47 Å². The second-order valence-electron chi connectivity index (χ2n) is 8.48. The Labute approximate surface area is 148 Å². The molecular weight excluding hydrogens is 392 g/mol. The minimum absolute atomic E-state index is 0.0151. The van der Waals surface area contributed by atoms with E-state index in [0.717, 1.165) is 0 Å². The number of benzene rings is 1. The topological polar surface area (TPSA) is 52.6 Å². The summed E-state index contributed by atoms with van der Waals surface area (Å²) in [6.07, 6.45) is 0. The van der Waals surface area contributed by atoms with Crippen LogP contribution in [0.3, 0.4) is 0 Å². The van der Waals surface area contributed by atoms with Crippen molar-refractivity contribution in [2.24, 2.45) is 40.9 Å². The molecule has 0 radical (unpaired) electrons. The smallest absolute Gasteiger partial charge is 0.187 e. The quantitative estimate of drug-likeness (QED) is 0.718. The molecule has 0 amide bonds. The lowest BCUT2D eigenvalue weighted by Crippen LogP contribution is -2.50. The summed E-state index contributed by atoms with van der Waals surface area (Å²) in [5.41, 5.74) is -0.0151. The first kappa shape index (κ1) is 13.7. The van der Waals surface area contributed by atoms with Gasteiger partial charge in [-0.05, 0) is 47.1 Å². The van der Waals surface area contributed by atoms with Crippen LogP contribution in [0.1, 0.15) is 0 Å². The molecule has 1 aromatic rings. The molecule has 7 fully saturated rings. The Kier molecular flexibility index (Phi) is 2.02. The molecule has 0 unspecified atom stereocenters. The van der Waals surface area contributed by atoms with E-state index in [0.29, 0.717) is 59.4 Å².